The molecular weight excluding hydrogens is 384 g/mol. The van der Waals surface area contributed by atoms with Crippen LogP contribution in [0.2, 0.25) is 0 Å². The summed E-state index contributed by atoms with van der Waals surface area (Å²) < 4.78 is 6.25. The van der Waals surface area contributed by atoms with Gasteiger partial charge in [0, 0.05) is 20.1 Å². The lowest BCUT2D eigenvalue weighted by atomic mass is 9.76. The Bertz CT molecular complexity index is 986. The minimum atomic E-state index is -0.658. The van der Waals surface area contributed by atoms with Crippen LogP contribution in [0.25, 0.3) is 0 Å². The average molecular weight is 409 g/mol. The molecule has 5 nitrogen and oxygen atoms in total. The lowest BCUT2D eigenvalue weighted by molar-refractivity contribution is -0.142. The Morgan fingerprint density at radius 3 is 2.97 bits per heavy atom. The van der Waals surface area contributed by atoms with Crippen molar-refractivity contribution in [1.29, 1.82) is 0 Å². The van der Waals surface area contributed by atoms with Gasteiger partial charge in [-0.3, -0.25) is 9.59 Å². The number of carbonyl (C=O) groups excluding carboxylic acids is 2. The third kappa shape index (κ3) is 3.02. The Kier molecular flexibility index (Phi) is 4.37. The Morgan fingerprint density at radius 1 is 1.34 bits per heavy atom. The van der Waals surface area contributed by atoms with E-state index in [2.05, 4.69) is 6.07 Å². The summed E-state index contributed by atoms with van der Waals surface area (Å²) in [6.07, 6.45) is 3.68. The molecule has 2 amide bonds. The Morgan fingerprint density at radius 2 is 2.21 bits per heavy atom. The number of thiophene rings is 1. The third-order valence-corrected chi connectivity index (χ3v) is 7.03. The van der Waals surface area contributed by atoms with Gasteiger partial charge in [-0.1, -0.05) is 42.0 Å². The summed E-state index contributed by atoms with van der Waals surface area (Å²) in [4.78, 5) is 30.2. The quantitative estimate of drug-likeness (QED) is 0.715. The first kappa shape index (κ1) is 18.6. The van der Waals surface area contributed by atoms with Gasteiger partial charge in [-0.05, 0) is 34.9 Å². The molecule has 0 unspecified atom stereocenters. The summed E-state index contributed by atoms with van der Waals surface area (Å²) in [5, 5.41) is 4.06. The van der Waals surface area contributed by atoms with Crippen molar-refractivity contribution >= 4 is 23.2 Å². The van der Waals surface area contributed by atoms with Gasteiger partial charge in [-0.15, -0.1) is 0 Å². The highest BCUT2D eigenvalue weighted by Gasteiger charge is 2.67. The summed E-state index contributed by atoms with van der Waals surface area (Å²) in [7, 11) is 1.81. The molecule has 29 heavy (non-hydrogen) atoms. The molecule has 4 atom stereocenters. The molecule has 0 radical (unpaired) electrons. The van der Waals surface area contributed by atoms with E-state index in [-0.39, 0.29) is 17.9 Å². The molecular formula is C23H24N2O3S. The number of nitrogens with zero attached hydrogens (tertiary/aromatic N) is 2. The molecule has 2 saturated heterocycles. The number of amides is 2. The van der Waals surface area contributed by atoms with Gasteiger partial charge in [0.2, 0.25) is 11.8 Å². The van der Waals surface area contributed by atoms with E-state index in [1.165, 1.54) is 5.56 Å². The number of rotatable bonds is 5. The van der Waals surface area contributed by atoms with E-state index in [1.807, 2.05) is 66.0 Å². The number of carbonyl (C=O) groups is 2. The molecule has 5 rings (SSSR count). The third-order valence-electron chi connectivity index (χ3n) is 6.30. The number of benzene rings is 1. The zero-order valence-electron chi connectivity index (χ0n) is 16.6. The normalized spacial score (nSPS) is 29.5. The van der Waals surface area contributed by atoms with E-state index in [0.717, 1.165) is 11.1 Å². The first-order valence-electron chi connectivity index (χ1n) is 9.94. The van der Waals surface area contributed by atoms with Gasteiger partial charge < -0.3 is 14.5 Å². The number of hydrogen-bond donors (Lipinski definition) is 0. The van der Waals surface area contributed by atoms with Gasteiger partial charge in [0.15, 0.2) is 0 Å². The van der Waals surface area contributed by atoms with Crippen LogP contribution in [0.4, 0.5) is 0 Å². The summed E-state index contributed by atoms with van der Waals surface area (Å²) in [5.74, 6) is -0.859. The van der Waals surface area contributed by atoms with Gasteiger partial charge in [0.05, 0.1) is 24.5 Å². The molecule has 1 aromatic heterocycles. The number of ether oxygens (including phenoxy) is 1. The van der Waals surface area contributed by atoms with E-state index in [4.69, 9.17) is 4.74 Å². The SMILES string of the molecule is Cc1cccc(CN2C[C@]34C=C[C@H](O3)[C@H](C(=O)N(C)Cc3ccsc3)[C@@H]4C2=O)c1. The standard InChI is InChI=1S/C23H24N2O3S/c1-15-4-3-5-16(10-15)12-25-14-23-8-6-18(28-23)19(20(23)22(25)27)21(26)24(2)11-17-7-9-29-13-17/h3-10,13,18-20H,11-12,14H2,1-2H3/t18-,19-,20+,23-/m0/s1. The highest BCUT2D eigenvalue weighted by atomic mass is 32.1. The van der Waals surface area contributed by atoms with E-state index < -0.39 is 17.4 Å². The first-order valence-corrected chi connectivity index (χ1v) is 10.9. The second-order valence-corrected chi connectivity index (χ2v) is 9.19. The van der Waals surface area contributed by atoms with Crippen LogP contribution in [0.3, 0.4) is 0 Å². The molecule has 2 bridgehead atoms. The molecule has 0 N–H and O–H groups in total. The fraction of sp³-hybridized carbons (Fsp3) is 0.391. The number of fused-ring (bicyclic) bond motifs is 1. The van der Waals surface area contributed by atoms with Crippen LogP contribution < -0.4 is 0 Å². The Hall–Kier alpha value is -2.44. The van der Waals surface area contributed by atoms with Gasteiger partial charge in [-0.25, -0.2) is 0 Å². The topological polar surface area (TPSA) is 49.9 Å². The molecule has 150 valence electrons. The lowest BCUT2D eigenvalue weighted by Crippen LogP contribution is -2.44. The van der Waals surface area contributed by atoms with Crippen molar-refractivity contribution in [2.45, 2.75) is 31.7 Å². The van der Waals surface area contributed by atoms with Crippen LogP contribution in [0.15, 0.2) is 53.2 Å². The summed E-state index contributed by atoms with van der Waals surface area (Å²) in [5.41, 5.74) is 2.73. The van der Waals surface area contributed by atoms with Crippen LogP contribution in [-0.4, -0.2) is 46.9 Å². The van der Waals surface area contributed by atoms with E-state index in [9.17, 15) is 9.59 Å². The number of hydrogen-bond acceptors (Lipinski definition) is 4. The minimum Gasteiger partial charge on any atom is -0.360 e. The summed E-state index contributed by atoms with van der Waals surface area (Å²) in [6.45, 7) is 3.66. The molecule has 1 aromatic carbocycles. The maximum atomic E-state index is 13.4. The monoisotopic (exact) mass is 408 g/mol. The van der Waals surface area contributed by atoms with Crippen molar-refractivity contribution in [3.63, 3.8) is 0 Å². The van der Waals surface area contributed by atoms with E-state index >= 15 is 0 Å². The Balaban J connectivity index is 1.37. The second kappa shape index (κ2) is 6.82. The highest BCUT2D eigenvalue weighted by molar-refractivity contribution is 7.07. The summed E-state index contributed by atoms with van der Waals surface area (Å²) >= 11 is 1.62. The van der Waals surface area contributed by atoms with Gasteiger partial charge in [0.25, 0.3) is 0 Å². The maximum absolute atomic E-state index is 13.4. The Labute approximate surface area is 174 Å². The molecule has 4 heterocycles. The molecule has 3 aliphatic rings. The van der Waals surface area contributed by atoms with Crippen LogP contribution in [0.5, 0.6) is 0 Å². The smallest absolute Gasteiger partial charge is 0.230 e. The summed E-state index contributed by atoms with van der Waals surface area (Å²) in [6, 6.07) is 10.2. The van der Waals surface area contributed by atoms with Crippen LogP contribution in [0, 0.1) is 18.8 Å². The van der Waals surface area contributed by atoms with Crippen molar-refractivity contribution in [3.8, 4) is 0 Å². The molecule has 6 heteroatoms. The van der Waals surface area contributed by atoms with Crippen molar-refractivity contribution in [1.82, 2.24) is 9.80 Å². The first-order chi connectivity index (χ1) is 14.0. The van der Waals surface area contributed by atoms with Crippen molar-refractivity contribution in [3.05, 3.63) is 69.9 Å². The molecule has 0 saturated carbocycles. The predicted octanol–water partition coefficient (Wildman–Crippen LogP) is 3.00. The van der Waals surface area contributed by atoms with Gasteiger partial charge >= 0.3 is 0 Å². The molecule has 2 fully saturated rings. The average Bonchev–Trinajstić information content (AvgIpc) is 3.45. The van der Waals surface area contributed by atoms with Crippen LogP contribution >= 0.6 is 11.3 Å². The molecule has 1 spiro atoms. The van der Waals surface area contributed by atoms with E-state index in [0.29, 0.717) is 19.6 Å². The van der Waals surface area contributed by atoms with Gasteiger partial charge in [-0.2, -0.15) is 11.3 Å². The minimum absolute atomic E-state index is 0.0109. The van der Waals surface area contributed by atoms with E-state index in [1.54, 1.807) is 16.2 Å². The van der Waals surface area contributed by atoms with Crippen molar-refractivity contribution in [2.24, 2.45) is 11.8 Å². The largest absolute Gasteiger partial charge is 0.360 e. The van der Waals surface area contributed by atoms with Crippen LogP contribution in [0.1, 0.15) is 16.7 Å². The lowest BCUT2D eigenvalue weighted by Gasteiger charge is -2.27. The maximum Gasteiger partial charge on any atom is 0.230 e. The highest BCUT2D eigenvalue weighted by Crippen LogP contribution is 2.52. The number of likely N-dealkylation sites (tertiary alicyclic amines) is 1. The zero-order chi connectivity index (χ0) is 20.2. The molecule has 3 aliphatic heterocycles. The van der Waals surface area contributed by atoms with Crippen molar-refractivity contribution in [2.75, 3.05) is 13.6 Å². The number of aryl methyl sites for hydroxylation is 1. The van der Waals surface area contributed by atoms with Crippen LogP contribution in [-0.2, 0) is 27.4 Å². The fourth-order valence-electron chi connectivity index (χ4n) is 5.01. The van der Waals surface area contributed by atoms with Crippen molar-refractivity contribution < 1.29 is 14.3 Å². The second-order valence-electron chi connectivity index (χ2n) is 8.41. The molecule has 2 aromatic rings. The van der Waals surface area contributed by atoms with Gasteiger partial charge in [0.1, 0.15) is 5.60 Å². The molecule has 0 aliphatic carbocycles. The zero-order valence-corrected chi connectivity index (χ0v) is 17.4. The fourth-order valence-corrected chi connectivity index (χ4v) is 5.67. The predicted molar refractivity (Wildman–Crippen MR) is 111 cm³/mol.